The number of carbonyl (C=O) groups is 2. The topological polar surface area (TPSA) is 96.3 Å². The molecule has 2 aromatic heterocycles. The van der Waals surface area contributed by atoms with Crippen molar-refractivity contribution in [1.82, 2.24) is 29.3 Å². The summed E-state index contributed by atoms with van der Waals surface area (Å²) in [5, 5.41) is 2.95. The molecule has 1 unspecified atom stereocenters. The van der Waals surface area contributed by atoms with Crippen LogP contribution in [0.5, 0.6) is 0 Å². The quantitative estimate of drug-likeness (QED) is 0.567. The molecule has 1 fully saturated rings. The van der Waals surface area contributed by atoms with Gasteiger partial charge in [0.15, 0.2) is 0 Å². The van der Waals surface area contributed by atoms with Gasteiger partial charge in [0.2, 0.25) is 11.9 Å². The first-order chi connectivity index (χ1) is 16.4. The average molecular weight is 462 g/mol. The Bertz CT molecular complexity index is 1190. The minimum absolute atomic E-state index is 0.0134. The molecule has 9 nitrogen and oxygen atoms in total. The highest BCUT2D eigenvalue weighted by Crippen LogP contribution is 2.32. The number of anilines is 1. The first kappa shape index (κ1) is 23.6. The molecule has 1 atom stereocenters. The second kappa shape index (κ2) is 10.6. The second-order valence-electron chi connectivity index (χ2n) is 8.90. The number of nitrogens with one attached hydrogen (secondary N) is 1. The van der Waals surface area contributed by atoms with Crippen molar-refractivity contribution in [2.24, 2.45) is 0 Å². The van der Waals surface area contributed by atoms with Gasteiger partial charge in [-0.2, -0.15) is 0 Å². The molecule has 0 aliphatic carbocycles. The molecule has 0 radical (unpaired) electrons. The SMILES string of the molecule is Cc1cccc2nc(NC(=O)c3ccncn3)n(C3CCCCN(C(=O)C=CCN(C)C)C3)c12. The molecule has 1 aliphatic heterocycles. The van der Waals surface area contributed by atoms with Gasteiger partial charge in [-0.05, 0) is 58.0 Å². The van der Waals surface area contributed by atoms with Crippen LogP contribution < -0.4 is 5.32 Å². The Morgan fingerprint density at radius 3 is 2.85 bits per heavy atom. The van der Waals surface area contributed by atoms with E-state index in [9.17, 15) is 9.59 Å². The van der Waals surface area contributed by atoms with Gasteiger partial charge >= 0.3 is 0 Å². The maximum atomic E-state index is 12.9. The molecule has 2 amide bonds. The molecule has 1 N–H and O–H groups in total. The molecule has 9 heteroatoms. The molecule has 1 saturated heterocycles. The number of imidazole rings is 1. The van der Waals surface area contributed by atoms with Crippen molar-refractivity contribution in [3.63, 3.8) is 0 Å². The van der Waals surface area contributed by atoms with Gasteiger partial charge in [-0.15, -0.1) is 0 Å². The van der Waals surface area contributed by atoms with E-state index in [-0.39, 0.29) is 23.6 Å². The van der Waals surface area contributed by atoms with Crippen LogP contribution in [0.4, 0.5) is 5.95 Å². The second-order valence-corrected chi connectivity index (χ2v) is 8.90. The van der Waals surface area contributed by atoms with Gasteiger partial charge in [0.05, 0.1) is 17.1 Å². The van der Waals surface area contributed by atoms with Crippen LogP contribution in [0.1, 0.15) is 41.4 Å². The Morgan fingerprint density at radius 2 is 2.09 bits per heavy atom. The predicted molar refractivity (Wildman–Crippen MR) is 132 cm³/mol. The van der Waals surface area contributed by atoms with Crippen LogP contribution in [-0.2, 0) is 4.79 Å². The number of fused-ring (bicyclic) bond motifs is 1. The smallest absolute Gasteiger partial charge is 0.276 e. The number of para-hydroxylation sites is 1. The minimum atomic E-state index is -0.343. The Hall–Kier alpha value is -3.59. The van der Waals surface area contributed by atoms with Crippen LogP contribution >= 0.6 is 0 Å². The summed E-state index contributed by atoms with van der Waals surface area (Å²) in [6.07, 6.45) is 9.26. The Kier molecular flexibility index (Phi) is 7.32. The lowest BCUT2D eigenvalue weighted by Crippen LogP contribution is -2.35. The van der Waals surface area contributed by atoms with Gasteiger partial charge in [-0.1, -0.05) is 18.2 Å². The number of aromatic nitrogens is 4. The summed E-state index contributed by atoms with van der Waals surface area (Å²) in [4.78, 5) is 42.4. The molecule has 3 heterocycles. The van der Waals surface area contributed by atoms with E-state index in [4.69, 9.17) is 4.98 Å². The number of nitrogens with zero attached hydrogens (tertiary/aromatic N) is 6. The summed E-state index contributed by atoms with van der Waals surface area (Å²) < 4.78 is 2.10. The fourth-order valence-electron chi connectivity index (χ4n) is 4.36. The van der Waals surface area contributed by atoms with E-state index in [1.54, 1.807) is 12.1 Å². The van der Waals surface area contributed by atoms with E-state index in [0.717, 1.165) is 42.4 Å². The van der Waals surface area contributed by atoms with Gasteiger partial charge in [0, 0.05) is 31.9 Å². The lowest BCUT2D eigenvalue weighted by Gasteiger charge is -2.26. The summed E-state index contributed by atoms with van der Waals surface area (Å²) in [6, 6.07) is 7.51. The number of rotatable bonds is 6. The van der Waals surface area contributed by atoms with E-state index in [2.05, 4.69) is 19.9 Å². The van der Waals surface area contributed by atoms with Crippen molar-refractivity contribution < 1.29 is 9.59 Å². The van der Waals surface area contributed by atoms with Crippen LogP contribution in [-0.4, -0.2) is 74.9 Å². The molecule has 0 saturated carbocycles. The van der Waals surface area contributed by atoms with Crippen LogP contribution in [0.2, 0.25) is 0 Å². The number of amides is 2. The third-order valence-corrected chi connectivity index (χ3v) is 6.01. The number of likely N-dealkylation sites (N-methyl/N-ethyl adjacent to an activating group) is 1. The van der Waals surface area contributed by atoms with Crippen molar-refractivity contribution in [2.45, 2.75) is 32.2 Å². The number of benzene rings is 1. The monoisotopic (exact) mass is 461 g/mol. The molecule has 3 aromatic rings. The summed E-state index contributed by atoms with van der Waals surface area (Å²) in [5.41, 5.74) is 3.13. The van der Waals surface area contributed by atoms with Crippen LogP contribution in [0.25, 0.3) is 11.0 Å². The van der Waals surface area contributed by atoms with E-state index in [1.165, 1.54) is 12.5 Å². The van der Waals surface area contributed by atoms with Crippen molar-refractivity contribution in [1.29, 1.82) is 0 Å². The number of hydrogen-bond donors (Lipinski definition) is 1. The van der Waals surface area contributed by atoms with E-state index in [0.29, 0.717) is 19.0 Å². The normalized spacial score (nSPS) is 16.8. The highest BCUT2D eigenvalue weighted by Gasteiger charge is 2.27. The van der Waals surface area contributed by atoms with Crippen molar-refractivity contribution in [2.75, 3.05) is 39.0 Å². The first-order valence-electron chi connectivity index (χ1n) is 11.6. The zero-order valence-electron chi connectivity index (χ0n) is 19.9. The first-order valence-corrected chi connectivity index (χ1v) is 11.6. The van der Waals surface area contributed by atoms with Crippen LogP contribution in [0, 0.1) is 6.92 Å². The Morgan fingerprint density at radius 1 is 1.24 bits per heavy atom. The summed E-state index contributed by atoms with van der Waals surface area (Å²) in [6.45, 7) is 4.03. The molecular formula is C25H31N7O2. The lowest BCUT2D eigenvalue weighted by atomic mass is 10.1. The zero-order valence-corrected chi connectivity index (χ0v) is 19.9. The third kappa shape index (κ3) is 5.31. The largest absolute Gasteiger partial charge is 0.337 e. The fraction of sp³-hybridized carbons (Fsp3) is 0.400. The number of hydrogen-bond acceptors (Lipinski definition) is 6. The number of likely N-dealkylation sites (tertiary alicyclic amines) is 1. The maximum Gasteiger partial charge on any atom is 0.276 e. The van der Waals surface area contributed by atoms with Crippen LogP contribution in [0.15, 0.2) is 48.9 Å². The molecule has 0 bridgehead atoms. The standard InChI is InChI=1S/C25H31N7O2/c1-18-8-6-10-20-23(18)32(25(28-20)29-24(34)21-12-13-26-17-27-21)19-9-4-5-15-31(16-19)22(33)11-7-14-30(2)3/h6-8,10-13,17,19H,4-5,9,14-16H2,1-3H3,(H,28,29,34). The van der Waals surface area contributed by atoms with Crippen molar-refractivity contribution in [3.05, 3.63) is 60.2 Å². The van der Waals surface area contributed by atoms with E-state index in [1.807, 2.05) is 55.1 Å². The summed E-state index contributed by atoms with van der Waals surface area (Å²) >= 11 is 0. The minimum Gasteiger partial charge on any atom is -0.337 e. The summed E-state index contributed by atoms with van der Waals surface area (Å²) in [5.74, 6) is 0.140. The maximum absolute atomic E-state index is 12.9. The van der Waals surface area contributed by atoms with Gasteiger partial charge in [-0.3, -0.25) is 14.9 Å². The van der Waals surface area contributed by atoms with Crippen LogP contribution in [0.3, 0.4) is 0 Å². The average Bonchev–Trinajstić information content (AvgIpc) is 3.01. The molecule has 178 valence electrons. The molecule has 1 aromatic carbocycles. The van der Waals surface area contributed by atoms with E-state index < -0.39 is 0 Å². The highest BCUT2D eigenvalue weighted by atomic mass is 16.2. The number of carbonyl (C=O) groups excluding carboxylic acids is 2. The fourth-order valence-corrected chi connectivity index (χ4v) is 4.36. The predicted octanol–water partition coefficient (Wildman–Crippen LogP) is 3.06. The highest BCUT2D eigenvalue weighted by molar-refractivity contribution is 6.02. The molecule has 34 heavy (non-hydrogen) atoms. The summed E-state index contributed by atoms with van der Waals surface area (Å²) in [7, 11) is 3.95. The zero-order chi connectivity index (χ0) is 24.1. The third-order valence-electron chi connectivity index (χ3n) is 6.01. The molecule has 0 spiro atoms. The van der Waals surface area contributed by atoms with E-state index >= 15 is 0 Å². The van der Waals surface area contributed by atoms with Gasteiger partial charge in [-0.25, -0.2) is 15.0 Å². The van der Waals surface area contributed by atoms with Crippen molar-refractivity contribution in [3.8, 4) is 0 Å². The number of aryl methyl sites for hydroxylation is 1. The molecule has 4 rings (SSSR count). The van der Waals surface area contributed by atoms with Gasteiger partial charge in [0.1, 0.15) is 12.0 Å². The Labute approximate surface area is 199 Å². The Balaban J connectivity index is 1.67. The van der Waals surface area contributed by atoms with Crippen molar-refractivity contribution >= 4 is 28.8 Å². The molecular weight excluding hydrogens is 430 g/mol. The van der Waals surface area contributed by atoms with Gasteiger partial charge < -0.3 is 14.4 Å². The van der Waals surface area contributed by atoms with Gasteiger partial charge in [0.25, 0.3) is 5.91 Å². The molecule has 1 aliphatic rings. The lowest BCUT2D eigenvalue weighted by molar-refractivity contribution is -0.126.